The number of benzene rings is 2. The van der Waals surface area contributed by atoms with Crippen LogP contribution in [0.4, 0.5) is 4.39 Å². The van der Waals surface area contributed by atoms with Gasteiger partial charge in [0, 0.05) is 6.04 Å². The second-order valence-electron chi connectivity index (χ2n) is 4.38. The van der Waals surface area contributed by atoms with Crippen molar-refractivity contribution in [2.75, 3.05) is 0 Å². The smallest absolute Gasteiger partial charge is 0.137 e. The van der Waals surface area contributed by atoms with Gasteiger partial charge in [0.2, 0.25) is 0 Å². The molecular formula is C15H15BrFN. The van der Waals surface area contributed by atoms with Crippen LogP contribution in [0, 0.1) is 12.7 Å². The zero-order valence-electron chi connectivity index (χ0n) is 10.2. The summed E-state index contributed by atoms with van der Waals surface area (Å²) >= 11 is 3.26. The lowest BCUT2D eigenvalue weighted by atomic mass is 9.97. The van der Waals surface area contributed by atoms with E-state index in [4.69, 9.17) is 5.73 Å². The van der Waals surface area contributed by atoms with Crippen molar-refractivity contribution in [3.8, 4) is 0 Å². The molecule has 0 fully saturated rings. The van der Waals surface area contributed by atoms with E-state index in [0.29, 0.717) is 10.9 Å². The summed E-state index contributed by atoms with van der Waals surface area (Å²) in [6.07, 6.45) is 0.703. The topological polar surface area (TPSA) is 26.0 Å². The summed E-state index contributed by atoms with van der Waals surface area (Å²) < 4.78 is 13.9. The minimum absolute atomic E-state index is 0.212. The van der Waals surface area contributed by atoms with Gasteiger partial charge in [0.25, 0.3) is 0 Å². The van der Waals surface area contributed by atoms with Crippen LogP contribution in [0.3, 0.4) is 0 Å². The molecule has 0 saturated heterocycles. The number of halogens is 2. The third-order valence-corrected chi connectivity index (χ3v) is 3.92. The molecule has 1 nitrogen and oxygen atoms in total. The molecule has 0 aromatic heterocycles. The Labute approximate surface area is 115 Å². The van der Waals surface area contributed by atoms with Gasteiger partial charge in [0.05, 0.1) is 4.47 Å². The summed E-state index contributed by atoms with van der Waals surface area (Å²) in [6, 6.07) is 12.9. The molecule has 2 rings (SSSR count). The Morgan fingerprint density at radius 3 is 2.61 bits per heavy atom. The number of rotatable bonds is 3. The van der Waals surface area contributed by atoms with Gasteiger partial charge >= 0.3 is 0 Å². The monoisotopic (exact) mass is 307 g/mol. The van der Waals surface area contributed by atoms with Crippen molar-refractivity contribution in [2.45, 2.75) is 19.4 Å². The van der Waals surface area contributed by atoms with Crippen molar-refractivity contribution in [3.63, 3.8) is 0 Å². The van der Waals surface area contributed by atoms with Crippen molar-refractivity contribution in [1.29, 1.82) is 0 Å². The summed E-state index contributed by atoms with van der Waals surface area (Å²) in [5, 5.41) is 0. The fraction of sp³-hybridized carbons (Fsp3) is 0.200. The first-order chi connectivity index (χ1) is 8.59. The zero-order chi connectivity index (χ0) is 13.1. The Kier molecular flexibility index (Phi) is 4.15. The second kappa shape index (κ2) is 5.63. The molecular weight excluding hydrogens is 293 g/mol. The quantitative estimate of drug-likeness (QED) is 0.906. The van der Waals surface area contributed by atoms with E-state index in [1.54, 1.807) is 6.07 Å². The molecule has 3 heteroatoms. The van der Waals surface area contributed by atoms with E-state index >= 15 is 0 Å². The van der Waals surface area contributed by atoms with Crippen molar-refractivity contribution in [2.24, 2.45) is 5.73 Å². The first-order valence-corrected chi connectivity index (χ1v) is 6.63. The highest BCUT2D eigenvalue weighted by molar-refractivity contribution is 9.10. The molecule has 0 heterocycles. The standard InChI is InChI=1S/C15H15BrFN/c1-10-5-2-3-6-11(10)9-14(18)12-7-4-8-13(17)15(12)16/h2-8,14H,9,18H2,1H3. The molecule has 0 amide bonds. The molecule has 2 aromatic rings. The number of hydrogen-bond donors (Lipinski definition) is 1. The minimum atomic E-state index is -0.271. The highest BCUT2D eigenvalue weighted by atomic mass is 79.9. The molecule has 18 heavy (non-hydrogen) atoms. The SMILES string of the molecule is Cc1ccccc1CC(N)c1cccc(F)c1Br. The van der Waals surface area contributed by atoms with Crippen molar-refractivity contribution < 1.29 is 4.39 Å². The van der Waals surface area contributed by atoms with Crippen LogP contribution in [-0.2, 0) is 6.42 Å². The summed E-state index contributed by atoms with van der Waals surface area (Å²) in [7, 11) is 0. The Morgan fingerprint density at radius 1 is 1.17 bits per heavy atom. The van der Waals surface area contributed by atoms with Crippen LogP contribution in [0.5, 0.6) is 0 Å². The molecule has 0 spiro atoms. The normalized spacial score (nSPS) is 12.4. The summed E-state index contributed by atoms with van der Waals surface area (Å²) in [6.45, 7) is 2.06. The maximum Gasteiger partial charge on any atom is 0.137 e. The Hall–Kier alpha value is -1.19. The minimum Gasteiger partial charge on any atom is -0.324 e. The molecule has 0 aliphatic carbocycles. The summed E-state index contributed by atoms with van der Waals surface area (Å²) in [5.41, 5.74) is 9.38. The predicted molar refractivity (Wildman–Crippen MR) is 75.9 cm³/mol. The van der Waals surface area contributed by atoms with Crippen LogP contribution in [0.25, 0.3) is 0 Å². The molecule has 0 aliphatic rings. The fourth-order valence-electron chi connectivity index (χ4n) is 1.99. The van der Waals surface area contributed by atoms with Gasteiger partial charge in [-0.05, 0) is 52.0 Å². The molecule has 0 bridgehead atoms. The van der Waals surface area contributed by atoms with E-state index in [0.717, 1.165) is 5.56 Å². The molecule has 94 valence electrons. The third-order valence-electron chi connectivity index (χ3n) is 3.08. The highest BCUT2D eigenvalue weighted by Crippen LogP contribution is 2.27. The maximum atomic E-state index is 13.5. The van der Waals surface area contributed by atoms with Crippen LogP contribution in [0.2, 0.25) is 0 Å². The average molecular weight is 308 g/mol. The fourth-order valence-corrected chi connectivity index (χ4v) is 2.55. The van der Waals surface area contributed by atoms with Gasteiger partial charge in [-0.15, -0.1) is 0 Å². The molecule has 0 saturated carbocycles. The van der Waals surface area contributed by atoms with Crippen LogP contribution in [-0.4, -0.2) is 0 Å². The molecule has 0 aliphatic heterocycles. The first-order valence-electron chi connectivity index (χ1n) is 5.83. The van der Waals surface area contributed by atoms with Crippen molar-refractivity contribution >= 4 is 15.9 Å². The van der Waals surface area contributed by atoms with Crippen LogP contribution in [0.1, 0.15) is 22.7 Å². The summed E-state index contributed by atoms with van der Waals surface area (Å²) in [4.78, 5) is 0. The molecule has 0 radical (unpaired) electrons. The van der Waals surface area contributed by atoms with Crippen LogP contribution < -0.4 is 5.73 Å². The van der Waals surface area contributed by atoms with Crippen LogP contribution in [0.15, 0.2) is 46.9 Å². The molecule has 2 N–H and O–H groups in total. The van der Waals surface area contributed by atoms with Gasteiger partial charge in [0.1, 0.15) is 5.82 Å². The van der Waals surface area contributed by atoms with Gasteiger partial charge in [-0.25, -0.2) is 4.39 Å². The Balaban J connectivity index is 2.25. The lowest BCUT2D eigenvalue weighted by molar-refractivity contribution is 0.610. The van der Waals surface area contributed by atoms with Gasteiger partial charge in [-0.2, -0.15) is 0 Å². The molecule has 1 atom stereocenters. The van der Waals surface area contributed by atoms with E-state index in [1.807, 2.05) is 18.2 Å². The van der Waals surface area contributed by atoms with Gasteiger partial charge < -0.3 is 5.73 Å². The number of nitrogens with two attached hydrogens (primary N) is 1. The zero-order valence-corrected chi connectivity index (χ0v) is 11.7. The lowest BCUT2D eigenvalue weighted by Crippen LogP contribution is -2.15. The number of aryl methyl sites for hydroxylation is 1. The third kappa shape index (κ3) is 2.79. The Morgan fingerprint density at radius 2 is 1.89 bits per heavy atom. The van der Waals surface area contributed by atoms with Gasteiger partial charge in [-0.3, -0.25) is 0 Å². The summed E-state index contributed by atoms with van der Waals surface area (Å²) in [5.74, 6) is -0.271. The average Bonchev–Trinajstić information content (AvgIpc) is 2.35. The van der Waals surface area contributed by atoms with E-state index in [9.17, 15) is 4.39 Å². The van der Waals surface area contributed by atoms with E-state index in [2.05, 4.69) is 35.0 Å². The lowest BCUT2D eigenvalue weighted by Gasteiger charge is -2.15. The van der Waals surface area contributed by atoms with E-state index < -0.39 is 0 Å². The van der Waals surface area contributed by atoms with Crippen molar-refractivity contribution in [3.05, 3.63) is 69.4 Å². The largest absolute Gasteiger partial charge is 0.324 e. The maximum absolute atomic E-state index is 13.5. The van der Waals surface area contributed by atoms with E-state index in [1.165, 1.54) is 17.2 Å². The second-order valence-corrected chi connectivity index (χ2v) is 5.17. The molecule has 1 unspecified atom stereocenters. The van der Waals surface area contributed by atoms with Crippen molar-refractivity contribution in [1.82, 2.24) is 0 Å². The Bertz CT molecular complexity index is 554. The van der Waals surface area contributed by atoms with E-state index in [-0.39, 0.29) is 11.9 Å². The molecule has 2 aromatic carbocycles. The van der Waals surface area contributed by atoms with Gasteiger partial charge in [-0.1, -0.05) is 36.4 Å². The highest BCUT2D eigenvalue weighted by Gasteiger charge is 2.13. The first kappa shape index (κ1) is 13.2. The predicted octanol–water partition coefficient (Wildman–Crippen LogP) is 4.14. The number of hydrogen-bond acceptors (Lipinski definition) is 1. The van der Waals surface area contributed by atoms with Gasteiger partial charge in [0.15, 0.2) is 0 Å². The van der Waals surface area contributed by atoms with Crippen LogP contribution >= 0.6 is 15.9 Å².